The molecule has 0 fully saturated rings. The Hall–Kier alpha value is -2.25. The van der Waals surface area contributed by atoms with Crippen LogP contribution in [0.4, 0.5) is 4.39 Å². The van der Waals surface area contributed by atoms with Crippen LogP contribution < -0.4 is 10.0 Å². The molecule has 7 heteroatoms. The summed E-state index contributed by atoms with van der Waals surface area (Å²) >= 11 is 0. The van der Waals surface area contributed by atoms with E-state index >= 15 is 0 Å². The molecular weight excluding hydrogens is 343 g/mol. The van der Waals surface area contributed by atoms with Crippen LogP contribution >= 0.6 is 0 Å². The van der Waals surface area contributed by atoms with Gasteiger partial charge in [-0.3, -0.25) is 4.79 Å². The Morgan fingerprint density at radius 3 is 2.40 bits per heavy atom. The smallest absolute Gasteiger partial charge is 0.251 e. The summed E-state index contributed by atoms with van der Waals surface area (Å²) in [7, 11) is -3.64. The fourth-order valence-corrected chi connectivity index (χ4v) is 3.38. The maximum absolute atomic E-state index is 13.6. The number of rotatable bonds is 6. The molecule has 0 radical (unpaired) electrons. The van der Waals surface area contributed by atoms with Crippen molar-refractivity contribution in [1.82, 2.24) is 10.0 Å². The van der Waals surface area contributed by atoms with Crippen molar-refractivity contribution in [3.8, 4) is 0 Å². The van der Waals surface area contributed by atoms with Crippen LogP contribution in [-0.4, -0.2) is 20.9 Å². The standard InChI is InChI=1S/C18H21FN2O3S/c1-4-21-25(23,24)15-8-6-12(2)16(10-15)18(22)20-11-14-7-5-13(3)17(19)9-14/h5-10,21H,4,11H2,1-3H3,(H,20,22). The van der Waals surface area contributed by atoms with Crippen LogP contribution in [0.15, 0.2) is 41.3 Å². The maximum atomic E-state index is 13.6. The average Bonchev–Trinajstić information content (AvgIpc) is 2.56. The highest BCUT2D eigenvalue weighted by atomic mass is 32.2. The minimum Gasteiger partial charge on any atom is -0.348 e. The van der Waals surface area contributed by atoms with Crippen molar-refractivity contribution in [2.45, 2.75) is 32.2 Å². The van der Waals surface area contributed by atoms with Crippen molar-refractivity contribution in [1.29, 1.82) is 0 Å². The summed E-state index contributed by atoms with van der Waals surface area (Å²) < 4.78 is 40.1. The minimum absolute atomic E-state index is 0.0338. The number of sulfonamides is 1. The van der Waals surface area contributed by atoms with Crippen molar-refractivity contribution in [3.63, 3.8) is 0 Å². The van der Waals surface area contributed by atoms with Gasteiger partial charge in [-0.1, -0.05) is 25.1 Å². The molecule has 0 aromatic heterocycles. The minimum atomic E-state index is -3.64. The van der Waals surface area contributed by atoms with Gasteiger partial charge >= 0.3 is 0 Å². The molecule has 0 saturated carbocycles. The summed E-state index contributed by atoms with van der Waals surface area (Å²) in [6, 6.07) is 9.14. The number of benzene rings is 2. The number of halogens is 1. The lowest BCUT2D eigenvalue weighted by molar-refractivity contribution is 0.0950. The molecule has 5 nitrogen and oxygen atoms in total. The Labute approximate surface area is 147 Å². The fraction of sp³-hybridized carbons (Fsp3) is 0.278. The number of carbonyl (C=O) groups excluding carboxylic acids is 1. The van der Waals surface area contributed by atoms with E-state index in [-0.39, 0.29) is 29.4 Å². The number of hydrogen-bond donors (Lipinski definition) is 2. The number of amides is 1. The first-order valence-electron chi connectivity index (χ1n) is 7.88. The van der Waals surface area contributed by atoms with Crippen molar-refractivity contribution in [2.24, 2.45) is 0 Å². The van der Waals surface area contributed by atoms with E-state index in [1.807, 2.05) is 0 Å². The molecule has 2 aromatic rings. The van der Waals surface area contributed by atoms with Crippen LogP contribution in [0, 0.1) is 19.7 Å². The number of nitrogens with one attached hydrogen (secondary N) is 2. The van der Waals surface area contributed by atoms with Gasteiger partial charge in [0.1, 0.15) is 5.82 Å². The highest BCUT2D eigenvalue weighted by molar-refractivity contribution is 7.89. The van der Waals surface area contributed by atoms with Gasteiger partial charge in [0.05, 0.1) is 4.90 Å². The summed E-state index contributed by atoms with van der Waals surface area (Å²) in [6.07, 6.45) is 0. The third-order valence-electron chi connectivity index (χ3n) is 3.79. The molecule has 134 valence electrons. The van der Waals surface area contributed by atoms with Gasteiger partial charge in [0, 0.05) is 18.7 Å². The maximum Gasteiger partial charge on any atom is 0.251 e. The van der Waals surface area contributed by atoms with E-state index in [1.54, 1.807) is 39.0 Å². The first kappa shape index (κ1) is 19.1. The predicted molar refractivity (Wildman–Crippen MR) is 94.3 cm³/mol. The second kappa shape index (κ2) is 7.76. The van der Waals surface area contributed by atoms with Crippen LogP contribution in [-0.2, 0) is 16.6 Å². The molecule has 0 spiro atoms. The quantitative estimate of drug-likeness (QED) is 0.827. The Morgan fingerprint density at radius 2 is 1.76 bits per heavy atom. The van der Waals surface area contributed by atoms with Gasteiger partial charge in [-0.15, -0.1) is 0 Å². The molecule has 0 saturated heterocycles. The van der Waals surface area contributed by atoms with Gasteiger partial charge in [0.2, 0.25) is 10.0 Å². The third-order valence-corrected chi connectivity index (χ3v) is 5.33. The summed E-state index contributed by atoms with van der Waals surface area (Å²) in [5.74, 6) is -0.742. The van der Waals surface area contributed by atoms with Gasteiger partial charge in [-0.2, -0.15) is 0 Å². The Balaban J connectivity index is 2.19. The molecule has 2 rings (SSSR count). The molecule has 1 amide bonds. The van der Waals surface area contributed by atoms with Gasteiger partial charge in [-0.25, -0.2) is 17.5 Å². The molecule has 0 aliphatic rings. The monoisotopic (exact) mass is 364 g/mol. The largest absolute Gasteiger partial charge is 0.348 e. The van der Waals surface area contributed by atoms with E-state index in [1.165, 1.54) is 18.2 Å². The predicted octanol–water partition coefficient (Wildman–Crippen LogP) is 2.67. The second-order valence-corrected chi connectivity index (χ2v) is 7.51. The van der Waals surface area contributed by atoms with Crippen LogP contribution in [0.2, 0.25) is 0 Å². The Kier molecular flexibility index (Phi) is 5.92. The highest BCUT2D eigenvalue weighted by Gasteiger charge is 2.17. The Bertz CT molecular complexity index is 895. The highest BCUT2D eigenvalue weighted by Crippen LogP contribution is 2.16. The van der Waals surface area contributed by atoms with E-state index < -0.39 is 15.9 Å². The lowest BCUT2D eigenvalue weighted by atomic mass is 10.1. The molecule has 0 bridgehead atoms. The molecule has 0 unspecified atom stereocenters. The normalized spacial score (nSPS) is 11.4. The van der Waals surface area contributed by atoms with Crippen molar-refractivity contribution in [2.75, 3.05) is 6.54 Å². The number of aryl methyl sites for hydroxylation is 2. The zero-order chi connectivity index (χ0) is 18.6. The summed E-state index contributed by atoms with van der Waals surface area (Å²) in [4.78, 5) is 12.4. The topological polar surface area (TPSA) is 75.3 Å². The third kappa shape index (κ3) is 4.64. The van der Waals surface area contributed by atoms with E-state index in [0.717, 1.165) is 0 Å². The van der Waals surface area contributed by atoms with Crippen LogP contribution in [0.3, 0.4) is 0 Å². The molecule has 2 N–H and O–H groups in total. The zero-order valence-electron chi connectivity index (χ0n) is 14.4. The summed E-state index contributed by atoms with van der Waals surface area (Å²) in [5, 5.41) is 2.69. The van der Waals surface area contributed by atoms with Crippen LogP contribution in [0.25, 0.3) is 0 Å². The van der Waals surface area contributed by atoms with Crippen LogP contribution in [0.5, 0.6) is 0 Å². The molecule has 0 atom stereocenters. The van der Waals surface area contributed by atoms with Gasteiger partial charge < -0.3 is 5.32 Å². The first-order chi connectivity index (χ1) is 11.7. The van der Waals surface area contributed by atoms with Crippen molar-refractivity contribution in [3.05, 3.63) is 64.5 Å². The van der Waals surface area contributed by atoms with E-state index in [9.17, 15) is 17.6 Å². The number of hydrogen-bond acceptors (Lipinski definition) is 3. The second-order valence-electron chi connectivity index (χ2n) is 5.74. The molecule has 25 heavy (non-hydrogen) atoms. The molecular formula is C18H21FN2O3S. The first-order valence-corrected chi connectivity index (χ1v) is 9.36. The molecule has 0 heterocycles. The fourth-order valence-electron chi connectivity index (χ4n) is 2.31. The average molecular weight is 364 g/mol. The van der Waals surface area contributed by atoms with E-state index in [2.05, 4.69) is 10.0 Å². The summed E-state index contributed by atoms with van der Waals surface area (Å²) in [5.41, 5.74) is 2.09. The van der Waals surface area contributed by atoms with Crippen molar-refractivity contribution >= 4 is 15.9 Å². The molecule has 0 aliphatic carbocycles. The van der Waals surface area contributed by atoms with E-state index in [4.69, 9.17) is 0 Å². The molecule has 2 aromatic carbocycles. The van der Waals surface area contributed by atoms with Gasteiger partial charge in [0.25, 0.3) is 5.91 Å². The van der Waals surface area contributed by atoms with Gasteiger partial charge in [0.15, 0.2) is 0 Å². The zero-order valence-corrected chi connectivity index (χ0v) is 15.2. The van der Waals surface area contributed by atoms with Crippen LogP contribution in [0.1, 0.15) is 34.0 Å². The molecule has 0 aliphatic heterocycles. The van der Waals surface area contributed by atoms with Gasteiger partial charge in [-0.05, 0) is 48.7 Å². The number of carbonyl (C=O) groups is 1. The SMILES string of the molecule is CCNS(=O)(=O)c1ccc(C)c(C(=O)NCc2ccc(C)c(F)c2)c1. The van der Waals surface area contributed by atoms with E-state index in [0.29, 0.717) is 16.7 Å². The Morgan fingerprint density at radius 1 is 1.08 bits per heavy atom. The lowest BCUT2D eigenvalue weighted by Crippen LogP contribution is -2.26. The lowest BCUT2D eigenvalue weighted by Gasteiger charge is -2.11. The summed E-state index contributed by atoms with van der Waals surface area (Å²) in [6.45, 7) is 5.48. The van der Waals surface area contributed by atoms with Crippen molar-refractivity contribution < 1.29 is 17.6 Å².